The van der Waals surface area contributed by atoms with Crippen molar-refractivity contribution in [3.8, 4) is 0 Å². The second-order valence-electron chi connectivity index (χ2n) is 2.61. The number of halogens is 3. The maximum Gasteiger partial charge on any atom is 0.140 e. The molecule has 1 unspecified atom stereocenters. The van der Waals surface area contributed by atoms with Crippen LogP contribution in [0.25, 0.3) is 0 Å². The summed E-state index contributed by atoms with van der Waals surface area (Å²) in [6, 6.07) is 2.28. The zero-order valence-electron chi connectivity index (χ0n) is 5.98. The second kappa shape index (κ2) is 2.78. The van der Waals surface area contributed by atoms with Gasteiger partial charge in [-0.1, -0.05) is 0 Å². The van der Waals surface area contributed by atoms with Crippen molar-refractivity contribution in [1.29, 1.82) is 0 Å². The fourth-order valence-corrected chi connectivity index (χ4v) is 1.37. The highest BCUT2D eigenvalue weighted by Crippen LogP contribution is 2.34. The van der Waals surface area contributed by atoms with Crippen molar-refractivity contribution in [3.63, 3.8) is 0 Å². The third-order valence-electron chi connectivity index (χ3n) is 1.72. The molecule has 1 saturated heterocycles. The Kier molecular flexibility index (Phi) is 1.88. The van der Waals surface area contributed by atoms with Gasteiger partial charge in [0.2, 0.25) is 0 Å². The monoisotopic (exact) mass is 234 g/mol. The summed E-state index contributed by atoms with van der Waals surface area (Å²) in [5, 5.41) is 0. The van der Waals surface area contributed by atoms with E-state index in [0.717, 1.165) is 6.07 Å². The number of epoxide rings is 1. The zero-order valence-corrected chi connectivity index (χ0v) is 7.57. The summed E-state index contributed by atoms with van der Waals surface area (Å²) in [7, 11) is 0. The average molecular weight is 235 g/mol. The van der Waals surface area contributed by atoms with E-state index in [2.05, 4.69) is 15.9 Å². The molecular weight excluding hydrogens is 230 g/mol. The van der Waals surface area contributed by atoms with Gasteiger partial charge in [-0.3, -0.25) is 0 Å². The normalized spacial score (nSPS) is 21.1. The summed E-state index contributed by atoms with van der Waals surface area (Å²) >= 11 is 2.98. The highest BCUT2D eigenvalue weighted by atomic mass is 79.9. The third kappa shape index (κ3) is 1.36. The zero-order chi connectivity index (χ0) is 8.72. The van der Waals surface area contributed by atoms with Crippen LogP contribution >= 0.6 is 15.9 Å². The first kappa shape index (κ1) is 8.13. The molecule has 1 heterocycles. The van der Waals surface area contributed by atoms with Crippen molar-refractivity contribution in [3.05, 3.63) is 33.8 Å². The molecule has 1 aromatic rings. The first-order valence-corrected chi connectivity index (χ1v) is 4.24. The molecule has 1 nitrogen and oxygen atoms in total. The van der Waals surface area contributed by atoms with E-state index in [1.165, 1.54) is 6.07 Å². The van der Waals surface area contributed by atoms with Crippen LogP contribution in [0.1, 0.15) is 11.7 Å². The summed E-state index contributed by atoms with van der Waals surface area (Å²) < 4.78 is 30.9. The molecular formula is C8H5BrF2O. The Hall–Kier alpha value is -0.480. The van der Waals surface area contributed by atoms with Gasteiger partial charge in [0.15, 0.2) is 0 Å². The van der Waals surface area contributed by atoms with Gasteiger partial charge < -0.3 is 4.74 Å². The maximum absolute atomic E-state index is 13.0. The predicted octanol–water partition coefficient (Wildman–Crippen LogP) is 2.80. The molecule has 0 aromatic heterocycles. The maximum atomic E-state index is 13.0. The molecule has 0 aliphatic carbocycles. The molecule has 1 aromatic carbocycles. The molecule has 0 bridgehead atoms. The highest BCUT2D eigenvalue weighted by molar-refractivity contribution is 9.10. The Morgan fingerprint density at radius 1 is 1.33 bits per heavy atom. The van der Waals surface area contributed by atoms with Crippen LogP contribution in [0, 0.1) is 11.6 Å². The Bertz CT molecular complexity index is 323. The molecule has 1 aliphatic heterocycles. The van der Waals surface area contributed by atoms with E-state index in [9.17, 15) is 8.78 Å². The Morgan fingerprint density at radius 2 is 2.00 bits per heavy atom. The number of hydrogen-bond donors (Lipinski definition) is 0. The third-order valence-corrected chi connectivity index (χ3v) is 2.33. The number of rotatable bonds is 1. The SMILES string of the molecule is Fc1cc(F)c(C2CO2)cc1Br. The minimum atomic E-state index is -0.586. The minimum Gasteiger partial charge on any atom is -0.368 e. The molecule has 0 spiro atoms. The molecule has 2 rings (SSSR count). The van der Waals surface area contributed by atoms with Gasteiger partial charge in [0.05, 0.1) is 11.1 Å². The summed E-state index contributed by atoms with van der Waals surface area (Å²) in [6.07, 6.45) is -0.179. The van der Waals surface area contributed by atoms with Crippen molar-refractivity contribution in [2.75, 3.05) is 6.61 Å². The number of benzene rings is 1. The summed E-state index contributed by atoms with van der Waals surface area (Å²) in [4.78, 5) is 0. The van der Waals surface area contributed by atoms with E-state index in [-0.39, 0.29) is 10.6 Å². The lowest BCUT2D eigenvalue weighted by Crippen LogP contribution is -1.90. The van der Waals surface area contributed by atoms with Crippen LogP contribution in [0.4, 0.5) is 8.78 Å². The second-order valence-corrected chi connectivity index (χ2v) is 3.46. The van der Waals surface area contributed by atoms with E-state index in [1.807, 2.05) is 0 Å². The van der Waals surface area contributed by atoms with Crippen LogP contribution in [0.15, 0.2) is 16.6 Å². The Balaban J connectivity index is 2.47. The topological polar surface area (TPSA) is 12.5 Å². The highest BCUT2D eigenvalue weighted by Gasteiger charge is 2.28. The molecule has 0 saturated carbocycles. The van der Waals surface area contributed by atoms with Crippen LogP contribution in [0.2, 0.25) is 0 Å². The van der Waals surface area contributed by atoms with E-state index >= 15 is 0 Å². The van der Waals surface area contributed by atoms with Crippen LogP contribution in [-0.4, -0.2) is 6.61 Å². The van der Waals surface area contributed by atoms with Gasteiger partial charge in [0.1, 0.15) is 17.7 Å². The predicted molar refractivity (Wildman–Crippen MR) is 42.8 cm³/mol. The van der Waals surface area contributed by atoms with Gasteiger partial charge >= 0.3 is 0 Å². The lowest BCUT2D eigenvalue weighted by molar-refractivity contribution is 0.407. The van der Waals surface area contributed by atoms with E-state index in [4.69, 9.17) is 4.74 Å². The number of ether oxygens (including phenoxy) is 1. The van der Waals surface area contributed by atoms with Crippen LogP contribution in [0.5, 0.6) is 0 Å². The lowest BCUT2D eigenvalue weighted by atomic mass is 10.1. The minimum absolute atomic E-state index is 0.179. The van der Waals surface area contributed by atoms with Crippen molar-refractivity contribution >= 4 is 15.9 Å². The Labute approximate surface area is 76.5 Å². The molecule has 64 valence electrons. The number of hydrogen-bond acceptors (Lipinski definition) is 1. The van der Waals surface area contributed by atoms with E-state index in [1.54, 1.807) is 0 Å². The summed E-state index contributed by atoms with van der Waals surface area (Å²) in [5.74, 6) is -1.13. The molecule has 1 aliphatic rings. The summed E-state index contributed by atoms with van der Waals surface area (Å²) in [5.41, 5.74) is 0.420. The van der Waals surface area contributed by atoms with Crippen LogP contribution in [-0.2, 0) is 4.74 Å². The fourth-order valence-electron chi connectivity index (χ4n) is 1.01. The standard InChI is InChI=1S/C8H5BrF2O/c9-5-1-4(8-3-12-8)6(10)2-7(5)11/h1-2,8H,3H2. The smallest absolute Gasteiger partial charge is 0.140 e. The quantitative estimate of drug-likeness (QED) is 0.538. The first-order chi connectivity index (χ1) is 5.68. The van der Waals surface area contributed by atoms with Gasteiger partial charge in [-0.2, -0.15) is 0 Å². The Morgan fingerprint density at radius 3 is 2.58 bits per heavy atom. The summed E-state index contributed by atoms with van der Waals surface area (Å²) in [6.45, 7) is 0.523. The van der Waals surface area contributed by atoms with Crippen molar-refractivity contribution < 1.29 is 13.5 Å². The largest absolute Gasteiger partial charge is 0.368 e. The molecule has 1 atom stereocenters. The van der Waals surface area contributed by atoms with Crippen molar-refractivity contribution in [2.45, 2.75) is 6.10 Å². The first-order valence-electron chi connectivity index (χ1n) is 3.44. The molecule has 0 amide bonds. The van der Waals surface area contributed by atoms with E-state index < -0.39 is 11.6 Å². The van der Waals surface area contributed by atoms with Gasteiger partial charge in [-0.25, -0.2) is 8.78 Å². The molecule has 1 fully saturated rings. The molecule has 4 heteroatoms. The molecule has 0 radical (unpaired) electrons. The van der Waals surface area contributed by atoms with Crippen LogP contribution in [0.3, 0.4) is 0 Å². The average Bonchev–Trinajstić information content (AvgIpc) is 2.79. The van der Waals surface area contributed by atoms with Gasteiger partial charge in [-0.05, 0) is 22.0 Å². The van der Waals surface area contributed by atoms with E-state index in [0.29, 0.717) is 12.2 Å². The van der Waals surface area contributed by atoms with Gasteiger partial charge in [0.25, 0.3) is 0 Å². The van der Waals surface area contributed by atoms with Crippen molar-refractivity contribution in [1.82, 2.24) is 0 Å². The van der Waals surface area contributed by atoms with Gasteiger partial charge in [-0.15, -0.1) is 0 Å². The van der Waals surface area contributed by atoms with Gasteiger partial charge in [0, 0.05) is 11.6 Å². The lowest BCUT2D eigenvalue weighted by Gasteiger charge is -2.00. The molecule has 0 N–H and O–H groups in total. The van der Waals surface area contributed by atoms with Crippen molar-refractivity contribution in [2.24, 2.45) is 0 Å². The fraction of sp³-hybridized carbons (Fsp3) is 0.250. The van der Waals surface area contributed by atoms with Crippen LogP contribution < -0.4 is 0 Å². The molecule has 12 heavy (non-hydrogen) atoms.